The van der Waals surface area contributed by atoms with Crippen molar-refractivity contribution < 1.29 is 9.53 Å². The van der Waals surface area contributed by atoms with Gasteiger partial charge in [0.25, 0.3) is 0 Å². The van der Waals surface area contributed by atoms with Gasteiger partial charge in [-0.2, -0.15) is 0 Å². The maximum Gasteiger partial charge on any atom is 0.403 e. The summed E-state index contributed by atoms with van der Waals surface area (Å²) >= 11 is 5.37. The van der Waals surface area contributed by atoms with Crippen LogP contribution in [0.15, 0.2) is 24.3 Å². The molecule has 0 amide bonds. The topological polar surface area (TPSA) is 26.3 Å². The predicted molar refractivity (Wildman–Crippen MR) is 89.1 cm³/mol. The Bertz CT molecular complexity index is 445. The van der Waals surface area contributed by atoms with Gasteiger partial charge >= 0.3 is 5.43 Å². The Kier molecular flexibility index (Phi) is 7.81. The number of hydrogen-bond acceptors (Lipinski definition) is 2. The van der Waals surface area contributed by atoms with Crippen LogP contribution in [0, 0.1) is 0 Å². The average molecular weight is 311 g/mol. The van der Waals surface area contributed by atoms with Crippen molar-refractivity contribution in [3.05, 3.63) is 35.4 Å². The Hall–Kier alpha value is -1.02. The van der Waals surface area contributed by atoms with E-state index >= 15 is 0 Å². The van der Waals surface area contributed by atoms with Gasteiger partial charge in [0.15, 0.2) is 0 Å². The van der Waals surface area contributed by atoms with Crippen molar-refractivity contribution in [3.63, 3.8) is 0 Å². The molecule has 0 N–H and O–H groups in total. The molecule has 0 saturated heterocycles. The summed E-state index contributed by atoms with van der Waals surface area (Å²) in [5.74, 6) is 0. The lowest BCUT2D eigenvalue weighted by Crippen LogP contribution is -2.30. The molecule has 1 unspecified atom stereocenters. The Balaban J connectivity index is 3.03. The second-order valence-corrected chi connectivity index (χ2v) is 6.26. The molecule has 0 spiro atoms. The highest BCUT2D eigenvalue weighted by Gasteiger charge is 2.29. The Morgan fingerprint density at radius 3 is 2.48 bits per heavy atom. The number of benzene rings is 1. The van der Waals surface area contributed by atoms with Crippen LogP contribution in [0.5, 0.6) is 0 Å². The third-order valence-corrected chi connectivity index (χ3v) is 4.16. The molecule has 0 radical (unpaired) electrons. The van der Waals surface area contributed by atoms with E-state index in [4.69, 9.17) is 16.3 Å². The number of halogens is 1. The van der Waals surface area contributed by atoms with Crippen molar-refractivity contribution in [2.45, 2.75) is 64.7 Å². The molecule has 0 saturated carbocycles. The Morgan fingerprint density at radius 2 is 1.86 bits per heavy atom. The zero-order chi connectivity index (χ0) is 15.7. The SMILES string of the molecule is CCCCc1ccccc1C(C)(CCCC)COC(=O)Cl. The normalized spacial score (nSPS) is 13.7. The lowest BCUT2D eigenvalue weighted by molar-refractivity contribution is 0.138. The van der Waals surface area contributed by atoms with Gasteiger partial charge in [-0.25, -0.2) is 4.79 Å². The number of carbonyl (C=O) groups excluding carboxylic acids is 1. The highest BCUT2D eigenvalue weighted by atomic mass is 35.5. The minimum absolute atomic E-state index is 0.162. The minimum Gasteiger partial charge on any atom is -0.453 e. The molecular formula is C18H27ClO2. The maximum absolute atomic E-state index is 11.0. The van der Waals surface area contributed by atoms with Crippen LogP contribution in [0.4, 0.5) is 4.79 Å². The molecule has 118 valence electrons. The number of aryl methyl sites for hydroxylation is 1. The first-order chi connectivity index (χ1) is 10.0. The van der Waals surface area contributed by atoms with Crippen molar-refractivity contribution >= 4 is 17.0 Å². The fourth-order valence-corrected chi connectivity index (χ4v) is 2.82. The zero-order valence-electron chi connectivity index (χ0n) is 13.5. The van der Waals surface area contributed by atoms with Crippen molar-refractivity contribution in [1.29, 1.82) is 0 Å². The van der Waals surface area contributed by atoms with Crippen molar-refractivity contribution in [3.8, 4) is 0 Å². The highest BCUT2D eigenvalue weighted by Crippen LogP contribution is 2.33. The van der Waals surface area contributed by atoms with Gasteiger partial charge < -0.3 is 4.74 Å². The molecule has 0 aliphatic carbocycles. The summed E-state index contributed by atoms with van der Waals surface area (Å²) in [5.41, 5.74) is 1.78. The predicted octanol–water partition coefficient (Wildman–Crippen LogP) is 5.85. The first-order valence-electron chi connectivity index (χ1n) is 7.94. The lowest BCUT2D eigenvalue weighted by atomic mass is 9.76. The van der Waals surface area contributed by atoms with E-state index in [0.717, 1.165) is 25.7 Å². The molecule has 0 aliphatic rings. The quantitative estimate of drug-likeness (QED) is 0.534. The third-order valence-electron chi connectivity index (χ3n) is 4.05. The van der Waals surface area contributed by atoms with Crippen molar-refractivity contribution in [1.82, 2.24) is 0 Å². The zero-order valence-corrected chi connectivity index (χ0v) is 14.2. The van der Waals surface area contributed by atoms with E-state index < -0.39 is 5.43 Å². The molecule has 0 heterocycles. The molecule has 0 bridgehead atoms. The average Bonchev–Trinajstić information content (AvgIpc) is 2.49. The molecular weight excluding hydrogens is 284 g/mol. The molecule has 0 fully saturated rings. The van der Waals surface area contributed by atoms with Gasteiger partial charge in [-0.1, -0.05) is 64.3 Å². The summed E-state index contributed by atoms with van der Waals surface area (Å²) in [7, 11) is 0. The summed E-state index contributed by atoms with van der Waals surface area (Å²) in [6.07, 6.45) is 6.66. The fourth-order valence-electron chi connectivity index (χ4n) is 2.76. The Morgan fingerprint density at radius 1 is 1.19 bits per heavy atom. The van der Waals surface area contributed by atoms with Crippen LogP contribution in [-0.4, -0.2) is 12.0 Å². The smallest absolute Gasteiger partial charge is 0.403 e. The number of ether oxygens (including phenoxy) is 1. The van der Waals surface area contributed by atoms with Gasteiger partial charge in [-0.15, -0.1) is 0 Å². The highest BCUT2D eigenvalue weighted by molar-refractivity contribution is 6.61. The number of carbonyl (C=O) groups is 1. The van der Waals surface area contributed by atoms with Gasteiger partial charge in [0.2, 0.25) is 0 Å². The van der Waals surface area contributed by atoms with Crippen LogP contribution in [0.3, 0.4) is 0 Å². The summed E-state index contributed by atoms with van der Waals surface area (Å²) in [5, 5.41) is 0. The Labute approximate surface area is 133 Å². The number of unbranched alkanes of at least 4 members (excludes halogenated alkanes) is 2. The van der Waals surface area contributed by atoms with E-state index in [-0.39, 0.29) is 5.41 Å². The second-order valence-electron chi connectivity index (χ2n) is 5.95. The molecule has 2 nitrogen and oxygen atoms in total. The minimum atomic E-state index is -0.719. The largest absolute Gasteiger partial charge is 0.453 e. The van der Waals surface area contributed by atoms with Crippen LogP contribution in [0.1, 0.15) is 64.0 Å². The van der Waals surface area contributed by atoms with E-state index in [2.05, 4.69) is 45.0 Å². The molecule has 1 aromatic carbocycles. The van der Waals surface area contributed by atoms with E-state index in [1.165, 1.54) is 24.0 Å². The summed E-state index contributed by atoms with van der Waals surface area (Å²) in [4.78, 5) is 11.0. The molecule has 1 aromatic rings. The van der Waals surface area contributed by atoms with E-state index in [0.29, 0.717) is 6.61 Å². The molecule has 21 heavy (non-hydrogen) atoms. The van der Waals surface area contributed by atoms with E-state index in [1.807, 2.05) is 0 Å². The van der Waals surface area contributed by atoms with Gasteiger partial charge in [-0.05, 0) is 30.4 Å². The third kappa shape index (κ3) is 5.70. The molecule has 0 aliphatic heterocycles. The molecule has 1 rings (SSSR count). The second kappa shape index (κ2) is 9.09. The standard InChI is InChI=1S/C18H27ClO2/c1-4-6-10-15-11-8-9-12-16(15)18(3,13-7-5-2)14-21-17(19)20/h8-9,11-12H,4-7,10,13-14H2,1-3H3. The summed E-state index contributed by atoms with van der Waals surface area (Å²) in [6, 6.07) is 8.51. The fraction of sp³-hybridized carbons (Fsp3) is 0.611. The van der Waals surface area contributed by atoms with Gasteiger partial charge in [0.1, 0.15) is 6.61 Å². The summed E-state index contributed by atoms with van der Waals surface area (Å²) in [6.45, 7) is 6.90. The van der Waals surface area contributed by atoms with E-state index in [1.54, 1.807) is 0 Å². The lowest BCUT2D eigenvalue weighted by Gasteiger charge is -2.31. The maximum atomic E-state index is 11.0. The van der Waals surface area contributed by atoms with Crippen LogP contribution in [-0.2, 0) is 16.6 Å². The van der Waals surface area contributed by atoms with Crippen LogP contribution >= 0.6 is 11.6 Å². The first kappa shape index (κ1) is 18.0. The first-order valence-corrected chi connectivity index (χ1v) is 8.32. The van der Waals surface area contributed by atoms with Gasteiger partial charge in [0, 0.05) is 17.0 Å². The monoisotopic (exact) mass is 310 g/mol. The molecule has 1 atom stereocenters. The van der Waals surface area contributed by atoms with Gasteiger partial charge in [-0.3, -0.25) is 0 Å². The molecule has 3 heteroatoms. The molecule has 0 aromatic heterocycles. The van der Waals surface area contributed by atoms with Crippen molar-refractivity contribution in [2.24, 2.45) is 0 Å². The number of hydrogen-bond donors (Lipinski definition) is 0. The van der Waals surface area contributed by atoms with Gasteiger partial charge in [0.05, 0.1) is 0 Å². The van der Waals surface area contributed by atoms with Crippen molar-refractivity contribution in [2.75, 3.05) is 6.61 Å². The summed E-state index contributed by atoms with van der Waals surface area (Å²) < 4.78 is 5.14. The van der Waals surface area contributed by atoms with Crippen LogP contribution in [0.25, 0.3) is 0 Å². The van der Waals surface area contributed by atoms with Crippen LogP contribution < -0.4 is 0 Å². The van der Waals surface area contributed by atoms with Crippen LogP contribution in [0.2, 0.25) is 0 Å². The number of rotatable bonds is 9. The van der Waals surface area contributed by atoms with E-state index in [9.17, 15) is 4.79 Å².